The second kappa shape index (κ2) is 6.55. The van der Waals surface area contributed by atoms with Crippen LogP contribution in [0.3, 0.4) is 0 Å². The number of rotatable bonds is 3. The van der Waals surface area contributed by atoms with Gasteiger partial charge in [0.1, 0.15) is 5.69 Å². The van der Waals surface area contributed by atoms with Gasteiger partial charge >= 0.3 is 0 Å². The van der Waals surface area contributed by atoms with E-state index < -0.39 is 0 Å². The Balaban J connectivity index is 1.58. The average molecular weight is 346 g/mol. The largest absolute Gasteiger partial charge is 0.321 e. The van der Waals surface area contributed by atoms with Gasteiger partial charge in [-0.3, -0.25) is 14.6 Å². The highest BCUT2D eigenvalue weighted by atomic mass is 16.2. The van der Waals surface area contributed by atoms with Gasteiger partial charge in [-0.25, -0.2) is 4.98 Å². The van der Waals surface area contributed by atoms with Crippen molar-refractivity contribution < 1.29 is 9.59 Å². The number of fused-ring (bicyclic) bond motifs is 2. The number of carbonyl (C=O) groups is 2. The highest BCUT2D eigenvalue weighted by Crippen LogP contribution is 2.30. The summed E-state index contributed by atoms with van der Waals surface area (Å²) in [6.07, 6.45) is 2.66. The van der Waals surface area contributed by atoms with Crippen LogP contribution >= 0.6 is 0 Å². The van der Waals surface area contributed by atoms with Crippen LogP contribution in [0, 0.1) is 0 Å². The first-order chi connectivity index (χ1) is 12.7. The molecule has 6 nitrogen and oxygen atoms in total. The van der Waals surface area contributed by atoms with Crippen molar-refractivity contribution in [2.75, 3.05) is 16.8 Å². The zero-order valence-electron chi connectivity index (χ0n) is 14.4. The number of hydrogen-bond acceptors (Lipinski definition) is 4. The predicted molar refractivity (Wildman–Crippen MR) is 100 cm³/mol. The monoisotopic (exact) mass is 346 g/mol. The molecule has 4 rings (SSSR count). The first-order valence-electron chi connectivity index (χ1n) is 8.62. The number of anilines is 2. The standard InChI is InChI=1S/C20H18N4O2/c1-2-24-18-9-8-14(11-13(18)7-10-19(24)25)22-20(26)17-12-21-15-5-3-4-6-16(15)23-17/h3-6,8-9,11-12H,2,7,10H2,1H3,(H,22,26). The second-order valence-electron chi connectivity index (χ2n) is 6.18. The van der Waals surface area contributed by atoms with Crippen molar-refractivity contribution in [2.24, 2.45) is 0 Å². The van der Waals surface area contributed by atoms with Gasteiger partial charge in [0.15, 0.2) is 0 Å². The quantitative estimate of drug-likeness (QED) is 0.790. The van der Waals surface area contributed by atoms with E-state index in [1.807, 2.05) is 49.4 Å². The number of para-hydroxylation sites is 2. The van der Waals surface area contributed by atoms with Crippen LogP contribution in [-0.4, -0.2) is 28.3 Å². The molecule has 0 radical (unpaired) electrons. The van der Waals surface area contributed by atoms with Gasteiger partial charge < -0.3 is 10.2 Å². The Bertz CT molecular complexity index is 1020. The molecule has 130 valence electrons. The van der Waals surface area contributed by atoms with Gasteiger partial charge in [-0.15, -0.1) is 0 Å². The maximum Gasteiger partial charge on any atom is 0.275 e. The molecule has 0 saturated carbocycles. The van der Waals surface area contributed by atoms with Gasteiger partial charge in [-0.1, -0.05) is 12.1 Å². The number of aryl methyl sites for hydroxylation is 1. The highest BCUT2D eigenvalue weighted by molar-refractivity contribution is 6.04. The lowest BCUT2D eigenvalue weighted by atomic mass is 10.0. The van der Waals surface area contributed by atoms with Gasteiger partial charge in [0.25, 0.3) is 5.91 Å². The van der Waals surface area contributed by atoms with Gasteiger partial charge in [-0.2, -0.15) is 0 Å². The predicted octanol–water partition coefficient (Wildman–Crippen LogP) is 3.18. The molecule has 0 fully saturated rings. The summed E-state index contributed by atoms with van der Waals surface area (Å²) >= 11 is 0. The Morgan fingerprint density at radius 3 is 2.77 bits per heavy atom. The lowest BCUT2D eigenvalue weighted by molar-refractivity contribution is -0.118. The molecule has 1 aliphatic heterocycles. The number of hydrogen-bond donors (Lipinski definition) is 1. The second-order valence-corrected chi connectivity index (χ2v) is 6.18. The third-order valence-electron chi connectivity index (χ3n) is 4.53. The average Bonchev–Trinajstić information content (AvgIpc) is 2.67. The molecule has 0 bridgehead atoms. The molecule has 1 aliphatic rings. The minimum atomic E-state index is -0.303. The van der Waals surface area contributed by atoms with E-state index in [9.17, 15) is 9.59 Å². The van der Waals surface area contributed by atoms with Gasteiger partial charge in [-0.05, 0) is 49.2 Å². The third kappa shape index (κ3) is 2.90. The van der Waals surface area contributed by atoms with Crippen molar-refractivity contribution in [1.82, 2.24) is 9.97 Å². The zero-order valence-corrected chi connectivity index (χ0v) is 14.4. The van der Waals surface area contributed by atoms with E-state index in [4.69, 9.17) is 0 Å². The van der Waals surface area contributed by atoms with E-state index in [2.05, 4.69) is 15.3 Å². The van der Waals surface area contributed by atoms with Crippen LogP contribution in [0.1, 0.15) is 29.4 Å². The van der Waals surface area contributed by atoms with Crippen LogP contribution in [0.2, 0.25) is 0 Å². The SMILES string of the molecule is CCN1C(=O)CCc2cc(NC(=O)c3cnc4ccccc4n3)ccc21. The van der Waals surface area contributed by atoms with Crippen molar-refractivity contribution >= 4 is 34.2 Å². The minimum Gasteiger partial charge on any atom is -0.321 e. The molecule has 0 atom stereocenters. The fourth-order valence-electron chi connectivity index (χ4n) is 3.25. The number of nitrogens with zero attached hydrogens (tertiary/aromatic N) is 3. The van der Waals surface area contributed by atoms with Crippen LogP contribution in [0.15, 0.2) is 48.7 Å². The van der Waals surface area contributed by atoms with E-state index in [1.165, 1.54) is 6.20 Å². The molecule has 0 aliphatic carbocycles. The molecule has 1 aromatic heterocycles. The summed E-state index contributed by atoms with van der Waals surface area (Å²) in [5.41, 5.74) is 4.38. The Hall–Kier alpha value is -3.28. The van der Waals surface area contributed by atoms with E-state index >= 15 is 0 Å². The van der Waals surface area contributed by atoms with Gasteiger partial charge in [0.05, 0.1) is 17.2 Å². The third-order valence-corrected chi connectivity index (χ3v) is 4.53. The molecule has 2 heterocycles. The fraction of sp³-hybridized carbons (Fsp3) is 0.200. The maximum atomic E-state index is 12.5. The highest BCUT2D eigenvalue weighted by Gasteiger charge is 2.23. The molecule has 0 unspecified atom stereocenters. The number of aromatic nitrogens is 2. The van der Waals surface area contributed by atoms with E-state index in [-0.39, 0.29) is 17.5 Å². The van der Waals surface area contributed by atoms with E-state index in [0.29, 0.717) is 30.6 Å². The number of nitrogens with one attached hydrogen (secondary N) is 1. The molecule has 3 aromatic rings. The Morgan fingerprint density at radius 2 is 1.96 bits per heavy atom. The smallest absolute Gasteiger partial charge is 0.275 e. The summed E-state index contributed by atoms with van der Waals surface area (Å²) in [6, 6.07) is 13.1. The summed E-state index contributed by atoms with van der Waals surface area (Å²) in [7, 11) is 0. The summed E-state index contributed by atoms with van der Waals surface area (Å²) < 4.78 is 0. The lowest BCUT2D eigenvalue weighted by Crippen LogP contribution is -2.34. The van der Waals surface area contributed by atoms with Gasteiger partial charge in [0.2, 0.25) is 5.91 Å². The lowest BCUT2D eigenvalue weighted by Gasteiger charge is -2.28. The van der Waals surface area contributed by atoms with Crippen LogP contribution in [0.25, 0.3) is 11.0 Å². The molecule has 6 heteroatoms. The molecule has 2 aromatic carbocycles. The molecule has 0 spiro atoms. The van der Waals surface area contributed by atoms with Crippen LogP contribution in [0.5, 0.6) is 0 Å². The van der Waals surface area contributed by atoms with Crippen LogP contribution < -0.4 is 10.2 Å². The van der Waals surface area contributed by atoms with Crippen molar-refractivity contribution in [3.8, 4) is 0 Å². The van der Waals surface area contributed by atoms with Crippen molar-refractivity contribution in [1.29, 1.82) is 0 Å². The van der Waals surface area contributed by atoms with Gasteiger partial charge in [0, 0.05) is 24.3 Å². The molecular weight excluding hydrogens is 328 g/mol. The maximum absolute atomic E-state index is 12.5. The van der Waals surface area contributed by atoms with Crippen LogP contribution in [0.4, 0.5) is 11.4 Å². The number of carbonyl (C=O) groups excluding carboxylic acids is 2. The summed E-state index contributed by atoms with van der Waals surface area (Å²) in [5, 5.41) is 2.87. The Kier molecular flexibility index (Phi) is 4.08. The van der Waals surface area contributed by atoms with E-state index in [1.54, 1.807) is 4.90 Å². The summed E-state index contributed by atoms with van der Waals surface area (Å²) in [4.78, 5) is 34.9. The number of benzene rings is 2. The normalized spacial score (nSPS) is 13.6. The topological polar surface area (TPSA) is 75.2 Å². The summed E-state index contributed by atoms with van der Waals surface area (Å²) in [5.74, 6) is -0.161. The molecule has 1 N–H and O–H groups in total. The minimum absolute atomic E-state index is 0.142. The van der Waals surface area contributed by atoms with Crippen LogP contribution in [-0.2, 0) is 11.2 Å². The van der Waals surface area contributed by atoms with Crippen molar-refractivity contribution in [2.45, 2.75) is 19.8 Å². The van der Waals surface area contributed by atoms with E-state index in [0.717, 1.165) is 16.8 Å². The number of amides is 2. The Labute approximate surface area is 150 Å². The zero-order chi connectivity index (χ0) is 18.1. The first kappa shape index (κ1) is 16.2. The first-order valence-corrected chi connectivity index (χ1v) is 8.62. The molecule has 26 heavy (non-hydrogen) atoms. The fourth-order valence-corrected chi connectivity index (χ4v) is 3.25. The Morgan fingerprint density at radius 1 is 1.15 bits per heavy atom. The summed E-state index contributed by atoms with van der Waals surface area (Å²) in [6.45, 7) is 2.60. The molecular formula is C20H18N4O2. The van der Waals surface area contributed by atoms with Crippen molar-refractivity contribution in [3.63, 3.8) is 0 Å². The molecule has 0 saturated heterocycles. The molecule has 2 amide bonds. The van der Waals surface area contributed by atoms with Crippen molar-refractivity contribution in [3.05, 3.63) is 59.9 Å².